The van der Waals surface area contributed by atoms with E-state index in [0.29, 0.717) is 0 Å². The third-order valence-electron chi connectivity index (χ3n) is 1.82. The molecule has 0 saturated heterocycles. The molecular weight excluding hydrogens is 256 g/mol. The molecular formula is C10H10ClF2NO3. The monoisotopic (exact) mass is 265 g/mol. The number of ether oxygens (including phenoxy) is 2. The molecule has 0 aromatic heterocycles. The summed E-state index contributed by atoms with van der Waals surface area (Å²) in [6.45, 7) is -1.27. The third-order valence-corrected chi connectivity index (χ3v) is 2.14. The van der Waals surface area contributed by atoms with Crippen LogP contribution in [0.25, 0.3) is 0 Å². The van der Waals surface area contributed by atoms with Gasteiger partial charge in [-0.2, -0.15) is 8.78 Å². The van der Waals surface area contributed by atoms with Gasteiger partial charge in [0.25, 0.3) is 0 Å². The van der Waals surface area contributed by atoms with Crippen molar-refractivity contribution in [1.82, 2.24) is 0 Å². The van der Waals surface area contributed by atoms with Gasteiger partial charge >= 0.3 is 12.6 Å². The lowest BCUT2D eigenvalue weighted by molar-refractivity contribution is -0.0499. The summed E-state index contributed by atoms with van der Waals surface area (Å²) in [5.74, 6) is -0.992. The summed E-state index contributed by atoms with van der Waals surface area (Å²) in [5, 5.41) is -0.0498. The number of rotatable bonds is 4. The van der Waals surface area contributed by atoms with E-state index in [4.69, 9.17) is 22.1 Å². The number of hydrogen-bond acceptors (Lipinski definition) is 4. The van der Waals surface area contributed by atoms with E-state index in [2.05, 4.69) is 4.74 Å². The highest BCUT2D eigenvalue weighted by atomic mass is 35.5. The molecule has 1 aromatic carbocycles. The van der Waals surface area contributed by atoms with Crippen molar-refractivity contribution in [3.63, 3.8) is 0 Å². The Labute approximate surface area is 101 Å². The highest BCUT2D eigenvalue weighted by molar-refractivity contribution is 6.34. The Kier molecular flexibility index (Phi) is 4.51. The molecule has 17 heavy (non-hydrogen) atoms. The maximum absolute atomic E-state index is 12.0. The maximum Gasteiger partial charge on any atom is 0.387 e. The average Bonchev–Trinajstić information content (AvgIpc) is 2.22. The second kappa shape index (κ2) is 5.67. The van der Waals surface area contributed by atoms with Crippen LogP contribution in [0.15, 0.2) is 12.1 Å². The van der Waals surface area contributed by atoms with E-state index < -0.39 is 12.6 Å². The summed E-state index contributed by atoms with van der Waals surface area (Å²) < 4.78 is 32.9. The summed E-state index contributed by atoms with van der Waals surface area (Å²) in [7, 11) is 0. The summed E-state index contributed by atoms with van der Waals surface area (Å²) in [6.07, 6.45) is 0. The Hall–Kier alpha value is -1.56. The van der Waals surface area contributed by atoms with Gasteiger partial charge in [0.2, 0.25) is 0 Å². The molecule has 0 amide bonds. The summed E-state index contributed by atoms with van der Waals surface area (Å²) in [6, 6.07) is 2.16. The number of alkyl halides is 2. The van der Waals surface area contributed by atoms with E-state index in [-0.39, 0.29) is 28.6 Å². The number of carbonyl (C=O) groups excluding carboxylic acids is 1. The van der Waals surface area contributed by atoms with Crippen molar-refractivity contribution in [1.29, 1.82) is 0 Å². The predicted molar refractivity (Wildman–Crippen MR) is 58.5 cm³/mol. The van der Waals surface area contributed by atoms with E-state index in [1.54, 1.807) is 6.92 Å². The summed E-state index contributed by atoms with van der Waals surface area (Å²) in [4.78, 5) is 11.5. The number of nitrogens with two attached hydrogens (primary N) is 1. The molecule has 0 spiro atoms. The van der Waals surface area contributed by atoms with Crippen molar-refractivity contribution in [3.05, 3.63) is 22.7 Å². The van der Waals surface area contributed by atoms with Crippen molar-refractivity contribution in [3.8, 4) is 5.75 Å². The van der Waals surface area contributed by atoms with Gasteiger partial charge in [-0.3, -0.25) is 0 Å². The third kappa shape index (κ3) is 3.45. The van der Waals surface area contributed by atoms with E-state index in [1.807, 2.05) is 0 Å². The largest absolute Gasteiger partial charge is 0.462 e. The smallest absolute Gasteiger partial charge is 0.387 e. The fourth-order valence-corrected chi connectivity index (χ4v) is 1.35. The van der Waals surface area contributed by atoms with Crippen molar-refractivity contribution >= 4 is 23.3 Å². The molecule has 0 aliphatic rings. The Morgan fingerprint density at radius 1 is 1.53 bits per heavy atom. The quantitative estimate of drug-likeness (QED) is 0.672. The Morgan fingerprint density at radius 2 is 2.18 bits per heavy atom. The predicted octanol–water partition coefficient (Wildman–Crippen LogP) is 2.70. The molecule has 1 aromatic rings. The van der Waals surface area contributed by atoms with Gasteiger partial charge in [0.15, 0.2) is 0 Å². The highest BCUT2D eigenvalue weighted by Gasteiger charge is 2.17. The molecule has 94 valence electrons. The van der Waals surface area contributed by atoms with Gasteiger partial charge in [-0.1, -0.05) is 11.6 Å². The van der Waals surface area contributed by atoms with Gasteiger partial charge in [-0.05, 0) is 13.0 Å². The number of hydrogen-bond donors (Lipinski definition) is 1. The second-order valence-electron chi connectivity index (χ2n) is 2.97. The maximum atomic E-state index is 12.0. The molecule has 4 nitrogen and oxygen atoms in total. The first-order valence-electron chi connectivity index (χ1n) is 4.66. The molecule has 0 radical (unpaired) electrons. The fourth-order valence-electron chi connectivity index (χ4n) is 1.14. The van der Waals surface area contributed by atoms with Crippen molar-refractivity contribution < 1.29 is 23.0 Å². The van der Waals surface area contributed by atoms with Crippen LogP contribution < -0.4 is 10.5 Å². The fraction of sp³-hybridized carbons (Fsp3) is 0.300. The molecule has 0 atom stereocenters. The van der Waals surface area contributed by atoms with Gasteiger partial charge < -0.3 is 15.2 Å². The Balaban J connectivity index is 3.10. The lowest BCUT2D eigenvalue weighted by Gasteiger charge is -2.10. The Bertz CT molecular complexity index is 426. The molecule has 0 bridgehead atoms. The van der Waals surface area contributed by atoms with Crippen molar-refractivity contribution in [2.75, 3.05) is 12.3 Å². The van der Waals surface area contributed by atoms with Gasteiger partial charge in [0, 0.05) is 6.07 Å². The Morgan fingerprint density at radius 3 is 2.71 bits per heavy atom. The van der Waals surface area contributed by atoms with Gasteiger partial charge in [0.1, 0.15) is 5.75 Å². The standard InChI is InChI=1S/C10H10ClF2NO3/c1-2-16-9(15)6-3-5(17-10(12)13)4-7(11)8(6)14/h3-4,10H,2,14H2,1H3. The van der Waals surface area contributed by atoms with Gasteiger partial charge in [-0.15, -0.1) is 0 Å². The van der Waals surface area contributed by atoms with Gasteiger partial charge in [-0.25, -0.2) is 4.79 Å². The highest BCUT2D eigenvalue weighted by Crippen LogP contribution is 2.30. The zero-order valence-electron chi connectivity index (χ0n) is 8.88. The van der Waals surface area contributed by atoms with Crippen LogP contribution in [0.1, 0.15) is 17.3 Å². The zero-order chi connectivity index (χ0) is 13.0. The SMILES string of the molecule is CCOC(=O)c1cc(OC(F)F)cc(Cl)c1N. The molecule has 0 aliphatic carbocycles. The number of anilines is 1. The van der Waals surface area contributed by atoms with Crippen LogP contribution in [-0.4, -0.2) is 19.2 Å². The minimum atomic E-state index is -3.01. The van der Waals surface area contributed by atoms with Gasteiger partial charge in [0.05, 0.1) is 22.9 Å². The topological polar surface area (TPSA) is 61.5 Å². The van der Waals surface area contributed by atoms with E-state index >= 15 is 0 Å². The first kappa shape index (κ1) is 13.5. The normalized spacial score (nSPS) is 10.4. The van der Waals surface area contributed by atoms with Crippen LogP contribution in [0.2, 0.25) is 5.02 Å². The molecule has 0 heterocycles. The van der Waals surface area contributed by atoms with E-state index in [9.17, 15) is 13.6 Å². The van der Waals surface area contributed by atoms with Crippen LogP contribution in [-0.2, 0) is 4.74 Å². The number of carbonyl (C=O) groups is 1. The average molecular weight is 266 g/mol. The van der Waals surface area contributed by atoms with Crippen molar-refractivity contribution in [2.24, 2.45) is 0 Å². The van der Waals surface area contributed by atoms with E-state index in [0.717, 1.165) is 12.1 Å². The van der Waals surface area contributed by atoms with E-state index in [1.165, 1.54) is 0 Å². The van der Waals surface area contributed by atoms with Crippen LogP contribution in [0.5, 0.6) is 5.75 Å². The van der Waals surface area contributed by atoms with Crippen LogP contribution in [0, 0.1) is 0 Å². The number of halogens is 3. The summed E-state index contributed by atoms with van der Waals surface area (Å²) in [5.41, 5.74) is 5.40. The van der Waals surface area contributed by atoms with Crippen LogP contribution in [0.4, 0.5) is 14.5 Å². The minimum Gasteiger partial charge on any atom is -0.462 e. The molecule has 1 rings (SSSR count). The number of nitrogen functional groups attached to an aromatic ring is 1. The molecule has 2 N–H and O–H groups in total. The first-order chi connectivity index (χ1) is 7.95. The lowest BCUT2D eigenvalue weighted by atomic mass is 10.1. The first-order valence-corrected chi connectivity index (χ1v) is 5.04. The zero-order valence-corrected chi connectivity index (χ0v) is 9.63. The molecule has 0 unspecified atom stereocenters. The molecule has 0 fully saturated rings. The second-order valence-corrected chi connectivity index (χ2v) is 3.37. The molecule has 0 saturated carbocycles. The lowest BCUT2D eigenvalue weighted by Crippen LogP contribution is -2.10. The number of esters is 1. The van der Waals surface area contributed by atoms with Crippen molar-refractivity contribution in [2.45, 2.75) is 13.5 Å². The van der Waals surface area contributed by atoms with Crippen LogP contribution >= 0.6 is 11.6 Å². The molecule has 0 aliphatic heterocycles. The number of benzene rings is 1. The molecule has 7 heteroatoms. The summed E-state index contributed by atoms with van der Waals surface area (Å²) >= 11 is 5.69. The van der Waals surface area contributed by atoms with Crippen LogP contribution in [0.3, 0.4) is 0 Å². The minimum absolute atomic E-state index is 0.0354.